The lowest BCUT2D eigenvalue weighted by Crippen LogP contribution is -2.46. The highest BCUT2D eigenvalue weighted by Gasteiger charge is 2.28. The van der Waals surface area contributed by atoms with Crippen LogP contribution < -0.4 is 21.3 Å². The van der Waals surface area contributed by atoms with Crippen LogP contribution in [0.4, 0.5) is 0 Å². The van der Waals surface area contributed by atoms with Gasteiger partial charge >= 0.3 is 0 Å². The minimum absolute atomic E-state index is 0.0195. The van der Waals surface area contributed by atoms with Gasteiger partial charge < -0.3 is 30.7 Å². The summed E-state index contributed by atoms with van der Waals surface area (Å²) in [7, 11) is 0. The van der Waals surface area contributed by atoms with Crippen molar-refractivity contribution in [1.82, 2.24) is 26.2 Å². The maximum atomic E-state index is 12.8. The molecule has 1 rings (SSSR count). The molecule has 48 heavy (non-hydrogen) atoms. The largest absolute Gasteiger partial charge is 0.375 e. The number of ether oxygens (including phenoxy) is 2. The first kappa shape index (κ1) is 42.7. The van der Waals surface area contributed by atoms with Crippen molar-refractivity contribution < 1.29 is 38.2 Å². The molecule has 0 fully saturated rings. The minimum atomic E-state index is -0.567. The van der Waals surface area contributed by atoms with Crippen LogP contribution in [0.1, 0.15) is 114 Å². The number of nitrogens with one attached hydrogen (secondary N) is 4. The van der Waals surface area contributed by atoms with E-state index < -0.39 is 34.1 Å². The second-order valence-electron chi connectivity index (χ2n) is 15.3. The van der Waals surface area contributed by atoms with Gasteiger partial charge in [-0.15, -0.1) is 0 Å². The topological polar surface area (TPSA) is 172 Å². The van der Waals surface area contributed by atoms with Crippen LogP contribution in [0.3, 0.4) is 0 Å². The molecule has 0 aromatic heterocycles. The molecule has 0 radical (unpaired) electrons. The molecule has 0 saturated heterocycles. The van der Waals surface area contributed by atoms with Gasteiger partial charge in [0.05, 0.1) is 11.2 Å². The Morgan fingerprint density at radius 3 is 1.52 bits per heavy atom. The van der Waals surface area contributed by atoms with Crippen molar-refractivity contribution in [2.24, 2.45) is 5.92 Å². The second-order valence-corrected chi connectivity index (χ2v) is 15.3. The van der Waals surface area contributed by atoms with E-state index in [1.54, 1.807) is 0 Å². The molecule has 1 heterocycles. The molecule has 0 aromatic carbocycles. The molecule has 4 N–H and O–H groups in total. The van der Waals surface area contributed by atoms with Crippen molar-refractivity contribution in [3.8, 4) is 0 Å². The first-order valence-corrected chi connectivity index (χ1v) is 17.0. The standard InChI is InChI=1S/C35H61N5O8/c1-25(2)31(46)37-21-20-36-26(41)13-16-34(7,8)47-23-18-32(3,4)38-27(42)14-17-35(9,10)48-24-19-33(5,6)39-28(43)15-22-40-29(44)11-12-30(40)45/h11-12,25H,13-24H2,1-10H3,(H,36,41)(H,37,46)(H,38,42)(H,39,43). The van der Waals surface area contributed by atoms with Crippen LogP contribution in [0.5, 0.6) is 0 Å². The molecule has 0 bridgehead atoms. The molecule has 0 saturated carbocycles. The van der Waals surface area contributed by atoms with E-state index in [1.165, 1.54) is 12.2 Å². The Morgan fingerprint density at radius 1 is 0.646 bits per heavy atom. The van der Waals surface area contributed by atoms with Gasteiger partial charge in [0.2, 0.25) is 23.6 Å². The first-order chi connectivity index (χ1) is 22.0. The SMILES string of the molecule is CC(C)C(=O)NCCNC(=O)CCC(C)(C)OCCC(C)(C)NC(=O)CCC(C)(C)OCCC(C)(C)NC(=O)CCN1C(=O)C=CC1=O. The summed E-state index contributed by atoms with van der Waals surface area (Å²) in [6, 6.07) is 0. The zero-order valence-electron chi connectivity index (χ0n) is 30.9. The van der Waals surface area contributed by atoms with Gasteiger partial charge in [-0.25, -0.2) is 0 Å². The van der Waals surface area contributed by atoms with Crippen LogP contribution in [0.2, 0.25) is 0 Å². The van der Waals surface area contributed by atoms with E-state index in [4.69, 9.17) is 9.47 Å². The molecule has 0 atom stereocenters. The molecular formula is C35H61N5O8. The second kappa shape index (κ2) is 19.0. The Kier molecular flexibility index (Phi) is 16.9. The van der Waals surface area contributed by atoms with E-state index in [9.17, 15) is 28.8 Å². The van der Waals surface area contributed by atoms with Crippen molar-refractivity contribution in [3.63, 3.8) is 0 Å². The highest BCUT2D eigenvalue weighted by Crippen LogP contribution is 2.21. The van der Waals surface area contributed by atoms with Crippen LogP contribution in [0.25, 0.3) is 0 Å². The maximum Gasteiger partial charge on any atom is 0.253 e. The van der Waals surface area contributed by atoms with Crippen molar-refractivity contribution >= 4 is 35.4 Å². The van der Waals surface area contributed by atoms with Gasteiger partial charge in [0.1, 0.15) is 0 Å². The molecule has 1 aliphatic heterocycles. The summed E-state index contributed by atoms with van der Waals surface area (Å²) < 4.78 is 12.2. The van der Waals surface area contributed by atoms with E-state index in [0.29, 0.717) is 58.4 Å². The lowest BCUT2D eigenvalue weighted by atomic mass is 9.97. The van der Waals surface area contributed by atoms with Gasteiger partial charge in [0, 0.05) is 81.3 Å². The van der Waals surface area contributed by atoms with Gasteiger partial charge in [-0.2, -0.15) is 0 Å². The third kappa shape index (κ3) is 18.3. The maximum absolute atomic E-state index is 12.8. The van der Waals surface area contributed by atoms with Crippen molar-refractivity contribution in [2.45, 2.75) is 136 Å². The van der Waals surface area contributed by atoms with Crippen molar-refractivity contribution in [1.29, 1.82) is 0 Å². The highest BCUT2D eigenvalue weighted by molar-refractivity contribution is 6.13. The monoisotopic (exact) mass is 679 g/mol. The van der Waals surface area contributed by atoms with Gasteiger partial charge in [-0.1, -0.05) is 13.8 Å². The van der Waals surface area contributed by atoms with Crippen LogP contribution in [-0.4, -0.2) is 95.5 Å². The van der Waals surface area contributed by atoms with E-state index in [1.807, 2.05) is 69.2 Å². The number of nitrogens with zero attached hydrogens (tertiary/aromatic N) is 1. The summed E-state index contributed by atoms with van der Waals surface area (Å²) in [5, 5.41) is 11.6. The summed E-state index contributed by atoms with van der Waals surface area (Å²) in [5.74, 6) is -1.40. The summed E-state index contributed by atoms with van der Waals surface area (Å²) in [5.41, 5.74) is -2.15. The van der Waals surface area contributed by atoms with Crippen LogP contribution in [0.15, 0.2) is 12.2 Å². The molecule has 13 nitrogen and oxygen atoms in total. The molecular weight excluding hydrogens is 618 g/mol. The minimum Gasteiger partial charge on any atom is -0.375 e. The Morgan fingerprint density at radius 2 is 1.06 bits per heavy atom. The van der Waals surface area contributed by atoms with Crippen LogP contribution in [-0.2, 0) is 38.2 Å². The van der Waals surface area contributed by atoms with Gasteiger partial charge in [0.15, 0.2) is 0 Å². The Labute approximate surface area is 287 Å². The summed E-state index contributed by atoms with van der Waals surface area (Å²) >= 11 is 0. The van der Waals surface area contributed by atoms with Gasteiger partial charge in [-0.3, -0.25) is 33.7 Å². The predicted molar refractivity (Wildman–Crippen MR) is 184 cm³/mol. The summed E-state index contributed by atoms with van der Waals surface area (Å²) in [6.07, 6.45) is 5.15. The third-order valence-electron chi connectivity index (χ3n) is 8.04. The van der Waals surface area contributed by atoms with E-state index in [0.717, 1.165) is 4.90 Å². The van der Waals surface area contributed by atoms with Crippen LogP contribution in [0, 0.1) is 5.92 Å². The number of imide groups is 1. The fourth-order valence-electron chi connectivity index (χ4n) is 4.69. The molecule has 1 aliphatic rings. The zero-order valence-corrected chi connectivity index (χ0v) is 30.9. The van der Waals surface area contributed by atoms with Crippen LogP contribution >= 0.6 is 0 Å². The Hall–Kier alpha value is -3.32. The number of carbonyl (C=O) groups excluding carboxylic acids is 6. The van der Waals surface area contributed by atoms with Crippen molar-refractivity contribution in [3.05, 3.63) is 12.2 Å². The number of amides is 6. The average molecular weight is 680 g/mol. The van der Waals surface area contributed by atoms with Gasteiger partial charge in [-0.05, 0) is 81.1 Å². The molecule has 0 spiro atoms. The molecule has 274 valence electrons. The zero-order chi connectivity index (χ0) is 36.8. The summed E-state index contributed by atoms with van der Waals surface area (Å²) in [6.45, 7) is 20.6. The Balaban J connectivity index is 2.31. The Bertz CT molecular complexity index is 1140. The number of hydrogen-bond acceptors (Lipinski definition) is 8. The first-order valence-electron chi connectivity index (χ1n) is 17.0. The fraction of sp³-hybridized carbons (Fsp3) is 0.771. The lowest BCUT2D eigenvalue weighted by Gasteiger charge is -2.32. The molecule has 0 aromatic rings. The van der Waals surface area contributed by atoms with E-state index >= 15 is 0 Å². The third-order valence-corrected chi connectivity index (χ3v) is 8.04. The number of rotatable bonds is 23. The molecule has 13 heteroatoms. The normalized spacial score (nSPS) is 14.0. The lowest BCUT2D eigenvalue weighted by molar-refractivity contribution is -0.137. The molecule has 0 unspecified atom stereocenters. The van der Waals surface area contributed by atoms with Gasteiger partial charge in [0.25, 0.3) is 11.8 Å². The summed E-state index contributed by atoms with van der Waals surface area (Å²) in [4.78, 5) is 73.4. The quantitative estimate of drug-likeness (QED) is 0.0943. The molecule has 6 amide bonds. The number of carbonyl (C=O) groups is 6. The smallest absolute Gasteiger partial charge is 0.253 e. The van der Waals surface area contributed by atoms with E-state index in [-0.39, 0.29) is 48.9 Å². The number of hydrogen-bond donors (Lipinski definition) is 4. The molecule has 0 aliphatic carbocycles. The van der Waals surface area contributed by atoms with Crippen molar-refractivity contribution in [2.75, 3.05) is 32.8 Å². The fourth-order valence-corrected chi connectivity index (χ4v) is 4.69. The predicted octanol–water partition coefficient (Wildman–Crippen LogP) is 2.91. The van der Waals surface area contributed by atoms with E-state index in [2.05, 4.69) is 21.3 Å². The average Bonchev–Trinajstić information content (AvgIpc) is 3.27. The highest BCUT2D eigenvalue weighted by atomic mass is 16.5.